The summed E-state index contributed by atoms with van der Waals surface area (Å²) in [6, 6.07) is 0. The molecule has 0 spiro atoms. The molecule has 4 unspecified atom stereocenters. The lowest BCUT2D eigenvalue weighted by atomic mass is 9.92. The predicted molar refractivity (Wildman–Crippen MR) is 84.2 cm³/mol. The molecule has 1 aromatic rings. The molecule has 5 N–H and O–H groups in total. The molecule has 0 saturated carbocycles. The molecule has 0 amide bonds. The van der Waals surface area contributed by atoms with Crippen LogP contribution >= 0.6 is 0 Å². The van der Waals surface area contributed by atoms with E-state index in [0.717, 1.165) is 20.3 Å². The fourth-order valence-corrected chi connectivity index (χ4v) is 2.20. The molecule has 0 aliphatic rings. The van der Waals surface area contributed by atoms with Crippen molar-refractivity contribution in [1.82, 2.24) is 10.2 Å². The molecule has 11 heteroatoms. The Morgan fingerprint density at radius 3 is 1.96 bits per heavy atom. The second kappa shape index (κ2) is 9.20. The van der Waals surface area contributed by atoms with Gasteiger partial charge in [-0.05, 0) is 18.6 Å². The Morgan fingerprint density at radius 2 is 1.46 bits per heavy atom. The van der Waals surface area contributed by atoms with Crippen LogP contribution in [0.2, 0.25) is 0 Å². The lowest BCUT2D eigenvalue weighted by Crippen LogP contribution is -2.41. The van der Waals surface area contributed by atoms with Gasteiger partial charge in [-0.1, -0.05) is 0 Å². The summed E-state index contributed by atoms with van der Waals surface area (Å²) in [7, 11) is 2.13. The van der Waals surface area contributed by atoms with Crippen LogP contribution in [0, 0.1) is 6.92 Å². The minimum Gasteiger partial charge on any atom is -0.516 e. The van der Waals surface area contributed by atoms with E-state index in [2.05, 4.69) is 19.7 Å². The predicted octanol–water partition coefficient (Wildman–Crippen LogP) is -1.45. The zero-order chi connectivity index (χ0) is 20.0. The van der Waals surface area contributed by atoms with Crippen molar-refractivity contribution in [3.05, 3.63) is 34.9 Å². The third-order valence-electron chi connectivity index (χ3n) is 3.62. The summed E-state index contributed by atoms with van der Waals surface area (Å²) in [5.41, 5.74) is -1.20. The van der Waals surface area contributed by atoms with Gasteiger partial charge < -0.3 is 35.0 Å². The first kappa shape index (κ1) is 21.4. The Balaban J connectivity index is 3.46. The largest absolute Gasteiger partial charge is 0.516 e. The smallest absolute Gasteiger partial charge is 0.358 e. The summed E-state index contributed by atoms with van der Waals surface area (Å²) in [5, 5.41) is 55.7. The number of hydrogen-bond acceptors (Lipinski definition) is 11. The maximum absolute atomic E-state index is 11.9. The highest BCUT2D eigenvalue weighted by Gasteiger charge is 2.36. The average Bonchev–Trinajstić information content (AvgIpc) is 2.64. The zero-order valence-corrected chi connectivity index (χ0v) is 14.2. The molecule has 0 fully saturated rings. The van der Waals surface area contributed by atoms with E-state index in [9.17, 15) is 30.0 Å². The van der Waals surface area contributed by atoms with Crippen molar-refractivity contribution in [2.75, 3.05) is 14.2 Å². The molecule has 144 valence electrons. The molecule has 0 bridgehead atoms. The number of methoxy groups -OCH3 is 2. The average molecular weight is 372 g/mol. The van der Waals surface area contributed by atoms with Gasteiger partial charge in [0, 0.05) is 5.56 Å². The number of ether oxygens (including phenoxy) is 2. The second-order valence-corrected chi connectivity index (χ2v) is 5.18. The molecule has 0 saturated heterocycles. The fourth-order valence-electron chi connectivity index (χ4n) is 2.20. The number of aromatic nitrogens is 2. The molecule has 1 aromatic heterocycles. The number of nitrogens with zero attached hydrogens (tertiary/aromatic N) is 2. The first-order valence-electron chi connectivity index (χ1n) is 7.28. The van der Waals surface area contributed by atoms with E-state index in [4.69, 9.17) is 5.11 Å². The molecule has 26 heavy (non-hydrogen) atoms. The molecule has 0 radical (unpaired) electrons. The van der Waals surface area contributed by atoms with Crippen LogP contribution in [0.3, 0.4) is 0 Å². The normalized spacial score (nSPS) is 16.0. The summed E-state index contributed by atoms with van der Waals surface area (Å²) in [5.74, 6) is -1.92. The van der Waals surface area contributed by atoms with Crippen molar-refractivity contribution < 1.29 is 44.6 Å². The lowest BCUT2D eigenvalue weighted by Gasteiger charge is -2.27. The highest BCUT2D eigenvalue weighted by atomic mass is 16.5. The molecule has 1 rings (SSSR count). The van der Waals surface area contributed by atoms with Crippen LogP contribution in [0.1, 0.15) is 38.2 Å². The molecule has 1 heterocycles. The van der Waals surface area contributed by atoms with Crippen LogP contribution in [0.4, 0.5) is 0 Å². The van der Waals surface area contributed by atoms with Gasteiger partial charge in [0.05, 0.1) is 20.5 Å². The molecule has 0 aliphatic carbocycles. The van der Waals surface area contributed by atoms with Gasteiger partial charge in [0.25, 0.3) is 0 Å². The fraction of sp³-hybridized carbons (Fsp3) is 0.467. The topological polar surface area (TPSA) is 180 Å². The van der Waals surface area contributed by atoms with Gasteiger partial charge in [-0.25, -0.2) is 9.59 Å². The van der Waals surface area contributed by atoms with Crippen molar-refractivity contribution in [1.29, 1.82) is 0 Å². The molecule has 11 nitrogen and oxygen atoms in total. The van der Waals surface area contributed by atoms with Gasteiger partial charge in [-0.2, -0.15) is 0 Å². The van der Waals surface area contributed by atoms with Gasteiger partial charge in [-0.15, -0.1) is 10.2 Å². The number of esters is 2. The van der Waals surface area contributed by atoms with Crippen molar-refractivity contribution in [2.24, 2.45) is 0 Å². The molecule has 0 aromatic carbocycles. The summed E-state index contributed by atoms with van der Waals surface area (Å²) in [6.45, 7) is 1.31. The van der Waals surface area contributed by atoms with E-state index in [1.165, 1.54) is 6.92 Å². The number of hydrogen-bond donors (Lipinski definition) is 5. The van der Waals surface area contributed by atoms with Gasteiger partial charge in [0.2, 0.25) is 0 Å². The van der Waals surface area contributed by atoms with Gasteiger partial charge in [0.1, 0.15) is 24.4 Å². The van der Waals surface area contributed by atoms with Crippen LogP contribution in [0.15, 0.2) is 12.3 Å². The lowest BCUT2D eigenvalue weighted by molar-refractivity contribution is -0.0952. The Hall–Kier alpha value is -2.60. The standard InChI is InChI=1S/C15H20N2O9/c1-6-8(12(21)13(22)11(20)7(19)4-5-18)10(15(24)26-3)17-16-9(6)14(23)25-2/h4-5,7,11-13,18-22H,1-3H3. The first-order chi connectivity index (χ1) is 12.2. The van der Waals surface area contributed by atoms with E-state index in [-0.39, 0.29) is 16.8 Å². The van der Waals surface area contributed by atoms with Gasteiger partial charge in [0.15, 0.2) is 11.4 Å². The quantitative estimate of drug-likeness (QED) is 0.279. The number of rotatable bonds is 7. The summed E-state index contributed by atoms with van der Waals surface area (Å²) >= 11 is 0. The highest BCUT2D eigenvalue weighted by molar-refractivity contribution is 5.93. The van der Waals surface area contributed by atoms with Gasteiger partial charge >= 0.3 is 11.9 Å². The third kappa shape index (κ3) is 4.32. The van der Waals surface area contributed by atoms with Crippen LogP contribution in [-0.4, -0.2) is 80.2 Å². The van der Waals surface area contributed by atoms with Crippen LogP contribution in [0.25, 0.3) is 0 Å². The Labute approximate surface area is 148 Å². The van der Waals surface area contributed by atoms with Crippen molar-refractivity contribution >= 4 is 11.9 Å². The third-order valence-corrected chi connectivity index (χ3v) is 3.62. The van der Waals surface area contributed by atoms with E-state index in [0.29, 0.717) is 6.26 Å². The Bertz CT molecular complexity index is 692. The second-order valence-electron chi connectivity index (χ2n) is 5.18. The minimum atomic E-state index is -2.02. The highest BCUT2D eigenvalue weighted by Crippen LogP contribution is 2.28. The Morgan fingerprint density at radius 1 is 0.962 bits per heavy atom. The molecule has 4 atom stereocenters. The maximum Gasteiger partial charge on any atom is 0.358 e. The number of aliphatic hydroxyl groups excluding tert-OH is 5. The van der Waals surface area contributed by atoms with Crippen molar-refractivity contribution in [3.63, 3.8) is 0 Å². The van der Waals surface area contributed by atoms with Crippen molar-refractivity contribution in [3.8, 4) is 0 Å². The monoisotopic (exact) mass is 372 g/mol. The van der Waals surface area contributed by atoms with Crippen LogP contribution in [0.5, 0.6) is 0 Å². The SMILES string of the molecule is COC(=O)c1nnc(C(=O)OC)c(C(O)C(O)C(O)C(O)C=CO)c1C. The zero-order valence-electron chi connectivity index (χ0n) is 14.2. The van der Waals surface area contributed by atoms with Crippen LogP contribution in [-0.2, 0) is 9.47 Å². The molecule has 0 aliphatic heterocycles. The minimum absolute atomic E-state index is 0.0433. The maximum atomic E-state index is 11.9. The summed E-state index contributed by atoms with van der Waals surface area (Å²) in [6.07, 6.45) is -6.42. The molecular formula is C15H20N2O9. The summed E-state index contributed by atoms with van der Waals surface area (Å²) in [4.78, 5) is 23.6. The van der Waals surface area contributed by atoms with Crippen LogP contribution < -0.4 is 0 Å². The number of aliphatic hydroxyl groups is 5. The Kier molecular flexibility index (Phi) is 7.58. The van der Waals surface area contributed by atoms with E-state index in [1.807, 2.05) is 0 Å². The van der Waals surface area contributed by atoms with Crippen molar-refractivity contribution in [2.45, 2.75) is 31.3 Å². The van der Waals surface area contributed by atoms with E-state index < -0.39 is 42.0 Å². The molecular weight excluding hydrogens is 352 g/mol. The van der Waals surface area contributed by atoms with E-state index in [1.54, 1.807) is 0 Å². The number of carbonyl (C=O) groups excluding carboxylic acids is 2. The summed E-state index contributed by atoms with van der Waals surface area (Å²) < 4.78 is 9.06. The van der Waals surface area contributed by atoms with E-state index >= 15 is 0 Å². The van der Waals surface area contributed by atoms with Gasteiger partial charge in [-0.3, -0.25) is 0 Å². The number of carbonyl (C=O) groups is 2. The first-order valence-corrected chi connectivity index (χ1v) is 7.28.